The molecule has 33 heavy (non-hydrogen) atoms. The predicted molar refractivity (Wildman–Crippen MR) is 136 cm³/mol. The van der Waals surface area contributed by atoms with Crippen LogP contribution in [0, 0.1) is 12.8 Å². The fourth-order valence-electron chi connectivity index (χ4n) is 4.88. The second-order valence-corrected chi connectivity index (χ2v) is 10.4. The number of carbonyl (C=O) groups is 1. The Morgan fingerprint density at radius 1 is 1.12 bits per heavy atom. The van der Waals surface area contributed by atoms with Gasteiger partial charge < -0.3 is 14.6 Å². The van der Waals surface area contributed by atoms with E-state index >= 15 is 0 Å². The molecule has 1 fully saturated rings. The van der Waals surface area contributed by atoms with Gasteiger partial charge in [0.1, 0.15) is 0 Å². The standard InChI is InChI=1S/C27H34N2O3S/c1-19-23-16-21(22-11-13-25(31)28(2)18-22)10-12-24(23)33-26(19)27(32)29(14-6-7-15-30)17-20-8-4-3-5-9-20/h10-13,16,18,20,30H,3-9,14-15,17H2,1-2H3. The summed E-state index contributed by atoms with van der Waals surface area (Å²) in [6.07, 6.45) is 9.65. The van der Waals surface area contributed by atoms with E-state index < -0.39 is 0 Å². The van der Waals surface area contributed by atoms with Gasteiger partial charge >= 0.3 is 0 Å². The second-order valence-electron chi connectivity index (χ2n) is 9.32. The summed E-state index contributed by atoms with van der Waals surface area (Å²) in [5.74, 6) is 0.712. The van der Waals surface area contributed by atoms with Crippen LogP contribution in [-0.4, -0.2) is 40.2 Å². The molecule has 0 saturated heterocycles. The van der Waals surface area contributed by atoms with Crippen LogP contribution in [-0.2, 0) is 7.05 Å². The third-order valence-corrected chi connectivity index (χ3v) is 8.14. The number of benzene rings is 1. The van der Waals surface area contributed by atoms with Crippen molar-refractivity contribution < 1.29 is 9.90 Å². The Labute approximate surface area is 199 Å². The van der Waals surface area contributed by atoms with Crippen LogP contribution >= 0.6 is 11.3 Å². The van der Waals surface area contributed by atoms with Gasteiger partial charge in [0.15, 0.2) is 0 Å². The largest absolute Gasteiger partial charge is 0.396 e. The normalized spacial score (nSPS) is 14.6. The summed E-state index contributed by atoms with van der Waals surface area (Å²) >= 11 is 1.58. The number of pyridine rings is 1. The monoisotopic (exact) mass is 466 g/mol. The van der Waals surface area contributed by atoms with Gasteiger partial charge in [0.05, 0.1) is 4.88 Å². The SMILES string of the molecule is Cc1c(C(=O)N(CCCCO)CC2CCCCC2)sc2ccc(-c3ccc(=O)n(C)c3)cc12. The van der Waals surface area contributed by atoms with E-state index in [0.29, 0.717) is 12.5 Å². The minimum Gasteiger partial charge on any atom is -0.396 e. The van der Waals surface area contributed by atoms with Crippen molar-refractivity contribution >= 4 is 27.3 Å². The lowest BCUT2D eigenvalue weighted by atomic mass is 9.89. The maximum absolute atomic E-state index is 13.7. The summed E-state index contributed by atoms with van der Waals surface area (Å²) in [6.45, 7) is 3.73. The highest BCUT2D eigenvalue weighted by Gasteiger charge is 2.25. The first-order valence-electron chi connectivity index (χ1n) is 12.1. The first kappa shape index (κ1) is 23.7. The van der Waals surface area contributed by atoms with Gasteiger partial charge in [-0.2, -0.15) is 0 Å². The molecular weight excluding hydrogens is 432 g/mol. The lowest BCUT2D eigenvalue weighted by molar-refractivity contribution is 0.0711. The van der Waals surface area contributed by atoms with Crippen molar-refractivity contribution in [1.29, 1.82) is 0 Å². The molecule has 1 aliphatic carbocycles. The minimum absolute atomic E-state index is 0.0290. The molecule has 1 aliphatic rings. The molecule has 2 heterocycles. The summed E-state index contributed by atoms with van der Waals surface area (Å²) in [6, 6.07) is 9.72. The lowest BCUT2D eigenvalue weighted by Crippen LogP contribution is -2.36. The molecule has 0 radical (unpaired) electrons. The van der Waals surface area contributed by atoms with Gasteiger partial charge in [-0.25, -0.2) is 0 Å². The maximum Gasteiger partial charge on any atom is 0.264 e. The molecule has 1 aromatic carbocycles. The van der Waals surface area contributed by atoms with E-state index in [9.17, 15) is 14.7 Å². The van der Waals surface area contributed by atoms with Crippen LogP contribution < -0.4 is 5.56 Å². The number of amides is 1. The van der Waals surface area contributed by atoms with E-state index in [1.54, 1.807) is 29.0 Å². The molecule has 2 aromatic heterocycles. The molecule has 0 atom stereocenters. The van der Waals surface area contributed by atoms with Crippen LogP contribution in [0.1, 0.15) is 60.2 Å². The number of rotatable bonds is 8. The molecule has 4 rings (SSSR count). The molecule has 0 unspecified atom stereocenters. The van der Waals surface area contributed by atoms with E-state index in [1.807, 2.05) is 24.1 Å². The first-order valence-corrected chi connectivity index (χ1v) is 12.9. The van der Waals surface area contributed by atoms with Crippen molar-refractivity contribution in [2.75, 3.05) is 19.7 Å². The van der Waals surface area contributed by atoms with Crippen molar-refractivity contribution in [3.63, 3.8) is 0 Å². The Kier molecular flexibility index (Phi) is 7.66. The van der Waals surface area contributed by atoms with E-state index in [-0.39, 0.29) is 18.1 Å². The molecule has 1 N–H and O–H groups in total. The number of aryl methyl sites for hydroxylation is 2. The average molecular weight is 467 g/mol. The van der Waals surface area contributed by atoms with Gasteiger partial charge in [0, 0.05) is 43.7 Å². The number of aromatic nitrogens is 1. The molecular formula is C27H34N2O3S. The number of fused-ring (bicyclic) bond motifs is 1. The van der Waals surface area contributed by atoms with Gasteiger partial charge in [-0.15, -0.1) is 11.3 Å². The Balaban J connectivity index is 1.62. The second kappa shape index (κ2) is 10.7. The summed E-state index contributed by atoms with van der Waals surface area (Å²) < 4.78 is 2.70. The Morgan fingerprint density at radius 2 is 1.88 bits per heavy atom. The number of aliphatic hydroxyl groups is 1. The fourth-order valence-corrected chi connectivity index (χ4v) is 6.04. The number of hydrogen-bond donors (Lipinski definition) is 1. The minimum atomic E-state index is -0.0290. The van der Waals surface area contributed by atoms with Gasteiger partial charge in [-0.3, -0.25) is 9.59 Å². The number of aliphatic hydroxyl groups excluding tert-OH is 1. The number of thiophene rings is 1. The maximum atomic E-state index is 13.7. The van der Waals surface area contributed by atoms with E-state index in [0.717, 1.165) is 51.0 Å². The number of nitrogens with zero attached hydrogens (tertiary/aromatic N) is 2. The number of unbranched alkanes of at least 4 members (excludes halogenated alkanes) is 1. The van der Waals surface area contributed by atoms with E-state index in [4.69, 9.17) is 0 Å². The van der Waals surface area contributed by atoms with Gasteiger partial charge in [0.25, 0.3) is 5.91 Å². The molecule has 176 valence electrons. The van der Waals surface area contributed by atoms with Crippen LogP contribution in [0.5, 0.6) is 0 Å². The molecule has 1 amide bonds. The van der Waals surface area contributed by atoms with E-state index in [2.05, 4.69) is 18.2 Å². The summed E-state index contributed by atoms with van der Waals surface area (Å²) in [5, 5.41) is 10.3. The summed E-state index contributed by atoms with van der Waals surface area (Å²) in [7, 11) is 1.76. The quantitative estimate of drug-likeness (QED) is 0.454. The number of hydrogen-bond acceptors (Lipinski definition) is 4. The van der Waals surface area contributed by atoms with Crippen LogP contribution in [0.3, 0.4) is 0 Å². The smallest absolute Gasteiger partial charge is 0.264 e. The zero-order chi connectivity index (χ0) is 23.4. The van der Waals surface area contributed by atoms with Crippen molar-refractivity contribution in [1.82, 2.24) is 9.47 Å². The third kappa shape index (κ3) is 5.39. The molecule has 0 aliphatic heterocycles. The fraction of sp³-hybridized carbons (Fsp3) is 0.481. The molecule has 5 nitrogen and oxygen atoms in total. The van der Waals surface area contributed by atoms with Crippen LogP contribution in [0.4, 0.5) is 0 Å². The highest BCUT2D eigenvalue weighted by molar-refractivity contribution is 7.21. The van der Waals surface area contributed by atoms with Crippen molar-refractivity contribution in [3.8, 4) is 11.1 Å². The van der Waals surface area contributed by atoms with Crippen molar-refractivity contribution in [2.45, 2.75) is 51.9 Å². The van der Waals surface area contributed by atoms with Crippen molar-refractivity contribution in [3.05, 3.63) is 57.3 Å². The van der Waals surface area contributed by atoms with E-state index in [1.165, 1.54) is 32.1 Å². The topological polar surface area (TPSA) is 62.5 Å². The van der Waals surface area contributed by atoms with Crippen LogP contribution in [0.15, 0.2) is 41.3 Å². The lowest BCUT2D eigenvalue weighted by Gasteiger charge is -2.30. The zero-order valence-corrected chi connectivity index (χ0v) is 20.5. The van der Waals surface area contributed by atoms with Crippen LogP contribution in [0.25, 0.3) is 21.2 Å². The molecule has 6 heteroatoms. The predicted octanol–water partition coefficient (Wildman–Crippen LogP) is 5.37. The summed E-state index contributed by atoms with van der Waals surface area (Å²) in [4.78, 5) is 28.3. The highest BCUT2D eigenvalue weighted by atomic mass is 32.1. The van der Waals surface area contributed by atoms with Gasteiger partial charge in [-0.1, -0.05) is 25.3 Å². The Hall–Kier alpha value is -2.44. The molecule has 0 bridgehead atoms. The Morgan fingerprint density at radius 3 is 2.61 bits per heavy atom. The molecule has 1 saturated carbocycles. The Bertz CT molecular complexity index is 1170. The molecule has 0 spiro atoms. The zero-order valence-electron chi connectivity index (χ0n) is 19.7. The summed E-state index contributed by atoms with van der Waals surface area (Å²) in [5.41, 5.74) is 3.03. The molecule has 3 aromatic rings. The average Bonchev–Trinajstić information content (AvgIpc) is 3.16. The highest BCUT2D eigenvalue weighted by Crippen LogP contribution is 2.35. The first-order chi connectivity index (χ1) is 16.0. The third-order valence-electron chi connectivity index (χ3n) is 6.88. The van der Waals surface area contributed by atoms with Gasteiger partial charge in [0.2, 0.25) is 5.56 Å². The van der Waals surface area contributed by atoms with Crippen molar-refractivity contribution in [2.24, 2.45) is 13.0 Å². The number of carbonyl (C=O) groups excluding carboxylic acids is 1. The van der Waals surface area contributed by atoms with Crippen LogP contribution in [0.2, 0.25) is 0 Å². The van der Waals surface area contributed by atoms with Gasteiger partial charge in [-0.05, 0) is 78.8 Å².